The van der Waals surface area contributed by atoms with Crippen molar-refractivity contribution in [1.82, 2.24) is 29.6 Å². The molecule has 1 amide bonds. The number of thiazole rings is 2. The summed E-state index contributed by atoms with van der Waals surface area (Å²) in [6.45, 7) is 7.28. The van der Waals surface area contributed by atoms with Gasteiger partial charge in [-0.2, -0.15) is 5.10 Å². The molecule has 0 bridgehead atoms. The Kier molecular flexibility index (Phi) is 6.01. The van der Waals surface area contributed by atoms with Gasteiger partial charge < -0.3 is 10.2 Å². The summed E-state index contributed by atoms with van der Waals surface area (Å²) in [5, 5.41) is 11.5. The van der Waals surface area contributed by atoms with Crippen LogP contribution in [0.15, 0.2) is 36.0 Å². The van der Waals surface area contributed by atoms with E-state index in [4.69, 9.17) is 0 Å². The maximum atomic E-state index is 13.0. The second-order valence-corrected chi connectivity index (χ2v) is 10.3. The van der Waals surface area contributed by atoms with Crippen LogP contribution >= 0.6 is 22.7 Å². The molecule has 0 fully saturated rings. The maximum Gasteiger partial charge on any atom is 0.255 e. The molecule has 0 radical (unpaired) electrons. The van der Waals surface area contributed by atoms with Gasteiger partial charge in [-0.05, 0) is 44.9 Å². The molecule has 0 spiro atoms. The smallest absolute Gasteiger partial charge is 0.255 e. The van der Waals surface area contributed by atoms with E-state index in [1.54, 1.807) is 17.5 Å². The molecule has 0 aliphatic carbocycles. The number of nitrogens with zero attached hydrogens (tertiary/aromatic N) is 6. The van der Waals surface area contributed by atoms with Crippen molar-refractivity contribution < 1.29 is 4.79 Å². The third-order valence-corrected chi connectivity index (χ3v) is 7.59. The zero-order valence-corrected chi connectivity index (χ0v) is 21.1. The van der Waals surface area contributed by atoms with E-state index >= 15 is 0 Å². The highest BCUT2D eigenvalue weighted by Gasteiger charge is 2.21. The third-order valence-electron chi connectivity index (χ3n) is 5.74. The van der Waals surface area contributed by atoms with Crippen LogP contribution in [0, 0.1) is 20.8 Å². The molecule has 10 heteroatoms. The lowest BCUT2D eigenvalue weighted by Gasteiger charge is -2.26. The maximum absolute atomic E-state index is 13.0. The number of aryl methyl sites for hydroxylation is 4. The summed E-state index contributed by atoms with van der Waals surface area (Å²) < 4.78 is 1.83. The number of amides is 1. The fraction of sp³-hybridized carbons (Fsp3) is 0.292. The van der Waals surface area contributed by atoms with E-state index in [0.29, 0.717) is 24.5 Å². The molecule has 1 aliphatic rings. The van der Waals surface area contributed by atoms with Crippen LogP contribution in [-0.4, -0.2) is 48.6 Å². The normalized spacial score (nSPS) is 13.8. The Bertz CT molecular complexity index is 1380. The first-order valence-electron chi connectivity index (χ1n) is 11.0. The molecule has 0 unspecified atom stereocenters. The first-order chi connectivity index (χ1) is 16.4. The number of hydrogen-bond acceptors (Lipinski definition) is 8. The topological polar surface area (TPSA) is 88.8 Å². The average Bonchev–Trinajstić information content (AvgIpc) is 3.52. The molecular weight excluding hydrogens is 466 g/mol. The number of carbonyl (C=O) groups excluding carboxylic acids is 1. The van der Waals surface area contributed by atoms with Crippen molar-refractivity contribution in [1.29, 1.82) is 0 Å². The Balaban J connectivity index is 1.23. The minimum absolute atomic E-state index is 0.00941. The Labute approximate surface area is 206 Å². The summed E-state index contributed by atoms with van der Waals surface area (Å²) in [5.74, 6) is 0.646. The number of pyridine rings is 1. The molecule has 0 saturated carbocycles. The van der Waals surface area contributed by atoms with E-state index in [1.807, 2.05) is 61.1 Å². The molecule has 4 aromatic heterocycles. The summed E-state index contributed by atoms with van der Waals surface area (Å²) in [6, 6.07) is 3.63. The van der Waals surface area contributed by atoms with Crippen molar-refractivity contribution in [3.05, 3.63) is 63.5 Å². The number of carbonyl (C=O) groups is 1. The van der Waals surface area contributed by atoms with Crippen LogP contribution < -0.4 is 5.32 Å². The zero-order chi connectivity index (χ0) is 23.8. The fourth-order valence-corrected chi connectivity index (χ4v) is 5.77. The molecule has 174 valence electrons. The number of rotatable bonds is 5. The summed E-state index contributed by atoms with van der Waals surface area (Å²) in [6.07, 6.45) is 6.61. The highest BCUT2D eigenvalue weighted by molar-refractivity contribution is 7.16. The lowest BCUT2D eigenvalue weighted by Crippen LogP contribution is -2.34. The number of anilines is 2. The van der Waals surface area contributed by atoms with Gasteiger partial charge in [-0.15, -0.1) is 22.7 Å². The summed E-state index contributed by atoms with van der Waals surface area (Å²) in [7, 11) is 1.93. The molecule has 0 saturated heterocycles. The van der Waals surface area contributed by atoms with E-state index in [0.717, 1.165) is 44.1 Å². The van der Waals surface area contributed by atoms with Crippen LogP contribution in [0.25, 0.3) is 16.1 Å². The number of nitrogens with one attached hydrogen (secondary N) is 1. The predicted molar refractivity (Wildman–Crippen MR) is 137 cm³/mol. The SMILES string of the molecule is Cc1nc(C)c(-c2csc(Nc3ccc(C(=O)N4CC=C(c5cn(C)nc5C)CC4)cn3)n2)s1. The van der Waals surface area contributed by atoms with Crippen LogP contribution in [0.1, 0.15) is 38.7 Å². The van der Waals surface area contributed by atoms with Crippen molar-refractivity contribution in [2.45, 2.75) is 27.2 Å². The average molecular weight is 492 g/mol. The Morgan fingerprint density at radius 2 is 2.00 bits per heavy atom. The zero-order valence-electron chi connectivity index (χ0n) is 19.5. The van der Waals surface area contributed by atoms with Crippen molar-refractivity contribution >= 4 is 45.1 Å². The standard InChI is InChI=1S/C24H25N7OS2/c1-14-19(12-30(4)29-14)17-7-9-31(10-8-17)23(32)18-5-6-21(25-11-18)28-24-27-20(13-33-24)22-15(2)26-16(3)34-22/h5-7,11-13H,8-10H2,1-4H3,(H,25,27,28). The van der Waals surface area contributed by atoms with Gasteiger partial charge in [0.15, 0.2) is 5.13 Å². The molecule has 0 atom stereocenters. The largest absolute Gasteiger partial charge is 0.335 e. The fourth-order valence-electron chi connectivity index (χ4n) is 4.10. The van der Waals surface area contributed by atoms with Gasteiger partial charge in [0.05, 0.1) is 32.5 Å². The minimum Gasteiger partial charge on any atom is -0.335 e. The van der Waals surface area contributed by atoms with Gasteiger partial charge in [0.25, 0.3) is 5.91 Å². The highest BCUT2D eigenvalue weighted by Crippen LogP contribution is 2.33. The van der Waals surface area contributed by atoms with Crippen LogP contribution in [0.5, 0.6) is 0 Å². The molecule has 1 aliphatic heterocycles. The van der Waals surface area contributed by atoms with E-state index in [9.17, 15) is 4.79 Å². The second-order valence-electron chi connectivity index (χ2n) is 8.27. The minimum atomic E-state index is -0.00941. The quantitative estimate of drug-likeness (QED) is 0.423. The lowest BCUT2D eigenvalue weighted by atomic mass is 10.00. The van der Waals surface area contributed by atoms with Crippen molar-refractivity contribution in [2.24, 2.45) is 7.05 Å². The molecule has 34 heavy (non-hydrogen) atoms. The second kappa shape index (κ2) is 9.11. The predicted octanol–water partition coefficient (Wildman–Crippen LogP) is 4.99. The summed E-state index contributed by atoms with van der Waals surface area (Å²) in [5.41, 5.74) is 5.93. The van der Waals surface area contributed by atoms with Gasteiger partial charge in [0, 0.05) is 43.5 Å². The van der Waals surface area contributed by atoms with Crippen molar-refractivity contribution in [3.8, 4) is 10.6 Å². The van der Waals surface area contributed by atoms with Crippen LogP contribution in [0.3, 0.4) is 0 Å². The lowest BCUT2D eigenvalue weighted by molar-refractivity contribution is 0.0772. The van der Waals surface area contributed by atoms with Crippen LogP contribution in [-0.2, 0) is 7.05 Å². The van der Waals surface area contributed by atoms with Crippen LogP contribution in [0.4, 0.5) is 10.9 Å². The monoisotopic (exact) mass is 491 g/mol. The first-order valence-corrected chi connectivity index (χ1v) is 12.7. The highest BCUT2D eigenvalue weighted by atomic mass is 32.1. The van der Waals surface area contributed by atoms with E-state index in [1.165, 1.54) is 16.9 Å². The van der Waals surface area contributed by atoms with Gasteiger partial charge in [0.1, 0.15) is 5.82 Å². The molecule has 0 aromatic carbocycles. The molecule has 5 rings (SSSR count). The van der Waals surface area contributed by atoms with E-state index in [2.05, 4.69) is 31.4 Å². The molecule has 1 N–H and O–H groups in total. The molecular formula is C24H25N7OS2. The van der Waals surface area contributed by atoms with Gasteiger partial charge in [-0.25, -0.2) is 15.0 Å². The third kappa shape index (κ3) is 4.51. The Morgan fingerprint density at radius 1 is 1.15 bits per heavy atom. The Hall–Kier alpha value is -3.37. The Morgan fingerprint density at radius 3 is 2.62 bits per heavy atom. The summed E-state index contributed by atoms with van der Waals surface area (Å²) in [4.78, 5) is 29.5. The van der Waals surface area contributed by atoms with E-state index in [-0.39, 0.29) is 5.91 Å². The van der Waals surface area contributed by atoms with E-state index < -0.39 is 0 Å². The van der Waals surface area contributed by atoms with Crippen LogP contribution in [0.2, 0.25) is 0 Å². The molecule has 5 heterocycles. The number of aromatic nitrogens is 5. The van der Waals surface area contributed by atoms with Crippen molar-refractivity contribution in [3.63, 3.8) is 0 Å². The van der Waals surface area contributed by atoms with Gasteiger partial charge in [-0.1, -0.05) is 6.08 Å². The van der Waals surface area contributed by atoms with Gasteiger partial charge in [-0.3, -0.25) is 9.48 Å². The van der Waals surface area contributed by atoms with Crippen molar-refractivity contribution in [2.75, 3.05) is 18.4 Å². The summed E-state index contributed by atoms with van der Waals surface area (Å²) >= 11 is 3.17. The molecule has 4 aromatic rings. The first kappa shape index (κ1) is 22.4. The van der Waals surface area contributed by atoms with Gasteiger partial charge in [0.2, 0.25) is 0 Å². The molecule has 8 nitrogen and oxygen atoms in total. The van der Waals surface area contributed by atoms with Gasteiger partial charge >= 0.3 is 0 Å². The number of hydrogen-bond donors (Lipinski definition) is 1.